The van der Waals surface area contributed by atoms with Gasteiger partial charge < -0.3 is 20.3 Å². The first-order valence-electron chi connectivity index (χ1n) is 9.37. The largest absolute Gasteiger partial charge is 0.417 e. The van der Waals surface area contributed by atoms with Gasteiger partial charge in [-0.25, -0.2) is 0 Å². The first-order valence-corrected chi connectivity index (χ1v) is 10.6. The number of thiazole rings is 1. The molecule has 1 amide bonds. The average Bonchev–Trinajstić information content (AvgIpc) is 3.30. The summed E-state index contributed by atoms with van der Waals surface area (Å²) in [6.07, 6.45) is -3.03. The van der Waals surface area contributed by atoms with Crippen LogP contribution in [-0.4, -0.2) is 57.8 Å². The summed E-state index contributed by atoms with van der Waals surface area (Å²) in [5.74, 6) is -0.287. The van der Waals surface area contributed by atoms with Crippen LogP contribution < -0.4 is 10.2 Å². The molecule has 170 valence electrons. The van der Waals surface area contributed by atoms with Crippen LogP contribution in [0.2, 0.25) is 5.02 Å². The molecule has 1 aliphatic rings. The highest BCUT2D eigenvalue weighted by Crippen LogP contribution is 2.36. The van der Waals surface area contributed by atoms with Crippen molar-refractivity contribution in [2.24, 2.45) is 0 Å². The van der Waals surface area contributed by atoms with Gasteiger partial charge in [0.15, 0.2) is 0 Å². The van der Waals surface area contributed by atoms with Crippen LogP contribution in [0.5, 0.6) is 0 Å². The van der Waals surface area contributed by atoms with Gasteiger partial charge in [0, 0.05) is 37.2 Å². The Kier molecular flexibility index (Phi) is 5.97. The Balaban J connectivity index is 1.37. The molecule has 3 aromatic rings. The molecule has 32 heavy (non-hydrogen) atoms. The number of hydrogen-bond acceptors (Lipinski definition) is 7. The molecule has 0 bridgehead atoms. The van der Waals surface area contributed by atoms with Gasteiger partial charge in [-0.05, 0) is 23.1 Å². The highest BCUT2D eigenvalue weighted by Gasteiger charge is 2.34. The van der Waals surface area contributed by atoms with Crippen molar-refractivity contribution in [1.29, 1.82) is 0 Å². The monoisotopic (exact) mass is 488 g/mol. The molecule has 0 aliphatic carbocycles. The SMILES string of the molecule is O=C(CN1CCN(c2nc3sccn3c2[N+](=O)[O-])CC1)Nc1ccc(Cl)c(C(F)(F)F)c1. The average molecular weight is 489 g/mol. The lowest BCUT2D eigenvalue weighted by atomic mass is 10.2. The Bertz CT molecular complexity index is 1170. The maximum absolute atomic E-state index is 13.0. The minimum Gasteiger partial charge on any atom is -0.358 e. The van der Waals surface area contributed by atoms with Crippen molar-refractivity contribution in [3.63, 3.8) is 0 Å². The smallest absolute Gasteiger partial charge is 0.358 e. The molecule has 9 nitrogen and oxygen atoms in total. The van der Waals surface area contributed by atoms with E-state index >= 15 is 0 Å². The first kappa shape index (κ1) is 22.3. The van der Waals surface area contributed by atoms with Crippen molar-refractivity contribution >= 4 is 51.1 Å². The van der Waals surface area contributed by atoms with Crippen molar-refractivity contribution in [2.45, 2.75) is 6.18 Å². The summed E-state index contributed by atoms with van der Waals surface area (Å²) in [5, 5.41) is 15.2. The third-order valence-electron chi connectivity index (χ3n) is 4.99. The minimum atomic E-state index is -4.63. The number of carbonyl (C=O) groups excluding carboxylic acids is 1. The lowest BCUT2D eigenvalue weighted by molar-refractivity contribution is -0.389. The summed E-state index contributed by atoms with van der Waals surface area (Å²) in [6.45, 7) is 1.67. The van der Waals surface area contributed by atoms with Gasteiger partial charge in [-0.15, -0.1) is 0 Å². The number of piperazine rings is 1. The second-order valence-corrected chi connectivity index (χ2v) is 8.36. The number of imidazole rings is 1. The molecule has 1 aromatic carbocycles. The zero-order valence-corrected chi connectivity index (χ0v) is 17.9. The van der Waals surface area contributed by atoms with Gasteiger partial charge in [-0.3, -0.25) is 9.69 Å². The number of alkyl halides is 3. The normalized spacial score (nSPS) is 15.3. The number of carbonyl (C=O) groups is 1. The number of nitro groups is 1. The van der Waals surface area contributed by atoms with Crippen molar-refractivity contribution in [3.05, 3.63) is 50.5 Å². The fourth-order valence-corrected chi connectivity index (χ4v) is 4.41. The number of rotatable bonds is 5. The van der Waals surface area contributed by atoms with E-state index in [4.69, 9.17) is 11.6 Å². The molecule has 1 aliphatic heterocycles. The highest BCUT2D eigenvalue weighted by atomic mass is 35.5. The molecule has 1 saturated heterocycles. The molecule has 0 atom stereocenters. The molecule has 1 N–H and O–H groups in total. The molecule has 0 saturated carbocycles. The minimum absolute atomic E-state index is 0.000864. The van der Waals surface area contributed by atoms with E-state index < -0.39 is 27.6 Å². The van der Waals surface area contributed by atoms with Crippen LogP contribution in [0.15, 0.2) is 29.8 Å². The zero-order chi connectivity index (χ0) is 23.0. The molecular formula is C18H16ClF3N6O3S. The van der Waals surface area contributed by atoms with E-state index in [9.17, 15) is 28.1 Å². The van der Waals surface area contributed by atoms with Crippen LogP contribution in [0.1, 0.15) is 5.56 Å². The first-order chi connectivity index (χ1) is 15.1. The van der Waals surface area contributed by atoms with Crippen molar-refractivity contribution in [1.82, 2.24) is 14.3 Å². The molecule has 1 fully saturated rings. The lowest BCUT2D eigenvalue weighted by Crippen LogP contribution is -2.49. The van der Waals surface area contributed by atoms with E-state index in [1.165, 1.54) is 21.8 Å². The molecule has 0 spiro atoms. The van der Waals surface area contributed by atoms with E-state index in [2.05, 4.69) is 10.3 Å². The molecule has 4 rings (SSSR count). The van der Waals surface area contributed by atoms with Crippen molar-refractivity contribution in [3.8, 4) is 0 Å². The molecule has 2 aromatic heterocycles. The summed E-state index contributed by atoms with van der Waals surface area (Å²) < 4.78 is 40.4. The van der Waals surface area contributed by atoms with E-state index in [-0.39, 0.29) is 23.9 Å². The number of benzene rings is 1. The number of nitrogens with one attached hydrogen (secondary N) is 1. The van der Waals surface area contributed by atoms with Crippen LogP contribution in [0.3, 0.4) is 0 Å². The Hall–Kier alpha value is -2.90. The summed E-state index contributed by atoms with van der Waals surface area (Å²) in [7, 11) is 0. The van der Waals surface area contributed by atoms with Crippen LogP contribution >= 0.6 is 22.9 Å². The lowest BCUT2D eigenvalue weighted by Gasteiger charge is -2.34. The topological polar surface area (TPSA) is 96.0 Å². The van der Waals surface area contributed by atoms with Gasteiger partial charge in [0.1, 0.15) is 6.20 Å². The Morgan fingerprint density at radius 3 is 2.66 bits per heavy atom. The second kappa shape index (κ2) is 8.56. The fourth-order valence-electron chi connectivity index (χ4n) is 3.49. The zero-order valence-electron chi connectivity index (χ0n) is 16.3. The Morgan fingerprint density at radius 1 is 1.28 bits per heavy atom. The molecule has 0 radical (unpaired) electrons. The van der Waals surface area contributed by atoms with E-state index in [1.54, 1.807) is 16.5 Å². The van der Waals surface area contributed by atoms with Crippen LogP contribution in [0.25, 0.3) is 4.96 Å². The van der Waals surface area contributed by atoms with Gasteiger partial charge in [-0.1, -0.05) is 22.9 Å². The highest BCUT2D eigenvalue weighted by molar-refractivity contribution is 7.15. The van der Waals surface area contributed by atoms with Gasteiger partial charge in [0.2, 0.25) is 11.7 Å². The van der Waals surface area contributed by atoms with Crippen LogP contribution in [-0.2, 0) is 11.0 Å². The summed E-state index contributed by atoms with van der Waals surface area (Å²) in [6, 6.07) is 3.18. The molecule has 0 unspecified atom stereocenters. The number of nitrogens with zero attached hydrogens (tertiary/aromatic N) is 5. The van der Waals surface area contributed by atoms with Gasteiger partial charge >= 0.3 is 12.0 Å². The number of halogens is 4. The van der Waals surface area contributed by atoms with E-state index in [0.717, 1.165) is 12.1 Å². The standard InChI is InChI=1S/C18H16ClF3N6O3S/c19-13-2-1-11(9-12(13)18(20,21)22)23-14(29)10-25-3-5-26(6-4-25)15-16(28(30)31)27-7-8-32-17(27)24-15/h1-2,7-9H,3-6,10H2,(H,23,29). The number of aromatic nitrogens is 2. The maximum atomic E-state index is 13.0. The predicted octanol–water partition coefficient (Wildman–Crippen LogP) is 3.74. The molecule has 3 heterocycles. The summed E-state index contributed by atoms with van der Waals surface area (Å²) in [4.78, 5) is 31.9. The van der Waals surface area contributed by atoms with E-state index in [1.807, 2.05) is 4.90 Å². The van der Waals surface area contributed by atoms with Gasteiger partial charge in [0.25, 0.3) is 4.96 Å². The van der Waals surface area contributed by atoms with Crippen molar-refractivity contribution < 1.29 is 22.9 Å². The number of hydrogen-bond donors (Lipinski definition) is 1. The van der Waals surface area contributed by atoms with Crippen molar-refractivity contribution in [2.75, 3.05) is 42.9 Å². The predicted molar refractivity (Wildman–Crippen MR) is 113 cm³/mol. The Morgan fingerprint density at radius 2 is 2.00 bits per heavy atom. The third-order valence-corrected chi connectivity index (χ3v) is 6.07. The summed E-state index contributed by atoms with van der Waals surface area (Å²) in [5.41, 5.74) is -1.02. The maximum Gasteiger partial charge on any atom is 0.417 e. The second-order valence-electron chi connectivity index (χ2n) is 7.08. The van der Waals surface area contributed by atoms with Crippen LogP contribution in [0, 0.1) is 10.1 Å². The van der Waals surface area contributed by atoms with E-state index in [0.29, 0.717) is 31.1 Å². The van der Waals surface area contributed by atoms with Gasteiger partial charge in [-0.2, -0.15) is 22.6 Å². The molecule has 14 heteroatoms. The number of anilines is 2. The fraction of sp³-hybridized carbons (Fsp3) is 0.333. The number of amides is 1. The summed E-state index contributed by atoms with van der Waals surface area (Å²) >= 11 is 6.89. The quantitative estimate of drug-likeness (QED) is 0.434. The molecular weight excluding hydrogens is 473 g/mol. The van der Waals surface area contributed by atoms with Crippen LogP contribution in [0.4, 0.5) is 30.5 Å². The Labute approximate surface area is 188 Å². The third kappa shape index (κ3) is 4.49. The van der Waals surface area contributed by atoms with Gasteiger partial charge in [0.05, 0.1) is 17.1 Å². The number of fused-ring (bicyclic) bond motifs is 1.